The number of benzene rings is 2. The predicted molar refractivity (Wildman–Crippen MR) is 81.9 cm³/mol. The first-order chi connectivity index (χ1) is 10.8. The summed E-state index contributed by atoms with van der Waals surface area (Å²) in [4.78, 5) is 17.7. The highest BCUT2D eigenvalue weighted by molar-refractivity contribution is 5.72. The minimum atomic E-state index is -0.812. The summed E-state index contributed by atoms with van der Waals surface area (Å²) in [5, 5.41) is 1.88. The Labute approximate surface area is 129 Å². The zero-order valence-electron chi connectivity index (χ0n) is 12.1. The summed E-state index contributed by atoms with van der Waals surface area (Å²) in [7, 11) is 0. The third-order valence-corrected chi connectivity index (χ3v) is 4.26. The molecule has 22 heavy (non-hydrogen) atoms. The van der Waals surface area contributed by atoms with E-state index in [-0.39, 0.29) is 12.0 Å². The molecule has 2 aromatic carbocycles. The lowest BCUT2D eigenvalue weighted by atomic mass is 9.98. The van der Waals surface area contributed by atoms with Gasteiger partial charge in [0.1, 0.15) is 0 Å². The van der Waals surface area contributed by atoms with Crippen LogP contribution >= 0.6 is 0 Å². The van der Waals surface area contributed by atoms with Gasteiger partial charge in [-0.2, -0.15) is 0 Å². The van der Waals surface area contributed by atoms with Crippen LogP contribution in [0.3, 0.4) is 0 Å². The fourth-order valence-electron chi connectivity index (χ4n) is 3.20. The summed E-state index contributed by atoms with van der Waals surface area (Å²) in [5.74, 6) is -0.991. The minimum Gasteiger partial charge on any atom is -0.431 e. The normalized spacial score (nSPS) is 27.4. The van der Waals surface area contributed by atoms with E-state index in [0.29, 0.717) is 19.3 Å². The van der Waals surface area contributed by atoms with Crippen molar-refractivity contribution in [3.05, 3.63) is 66.2 Å². The van der Waals surface area contributed by atoms with E-state index >= 15 is 0 Å². The Bertz CT molecular complexity index is 624. The smallest absolute Gasteiger partial charge is 0.308 e. The van der Waals surface area contributed by atoms with E-state index in [1.54, 1.807) is 0 Å². The summed E-state index contributed by atoms with van der Waals surface area (Å²) in [6, 6.07) is 20.2. The van der Waals surface area contributed by atoms with Crippen LogP contribution in [0.15, 0.2) is 60.7 Å². The monoisotopic (exact) mass is 295 g/mol. The summed E-state index contributed by atoms with van der Waals surface area (Å²) in [5.41, 5.74) is 2.13. The maximum absolute atomic E-state index is 11.6. The molecular weight excluding hydrogens is 278 g/mol. The van der Waals surface area contributed by atoms with E-state index in [1.807, 2.05) is 53.6 Å². The quantitative estimate of drug-likeness (QED) is 0.793. The van der Waals surface area contributed by atoms with E-state index in [1.165, 1.54) is 0 Å². The molecule has 4 heteroatoms. The first-order valence-electron chi connectivity index (χ1n) is 7.56. The van der Waals surface area contributed by atoms with Crippen LogP contribution in [-0.2, 0) is 14.4 Å². The van der Waals surface area contributed by atoms with Crippen LogP contribution in [0.5, 0.6) is 0 Å². The first kappa shape index (κ1) is 13.3. The second kappa shape index (κ2) is 5.14. The molecule has 0 radical (unpaired) electrons. The van der Waals surface area contributed by atoms with Crippen molar-refractivity contribution in [1.82, 2.24) is 0 Å². The SMILES string of the molecule is O=C1CC[C@]2(C[C@H](c3ccccc3)N(c3ccccc3)O2)O1. The molecule has 0 N–H and O–H groups in total. The molecule has 2 saturated heterocycles. The zero-order chi connectivity index (χ0) is 15.0. The Kier molecular flexibility index (Phi) is 3.12. The van der Waals surface area contributed by atoms with Crippen LogP contribution in [0, 0.1) is 0 Å². The number of rotatable bonds is 2. The fraction of sp³-hybridized carbons (Fsp3) is 0.278. The molecule has 112 valence electrons. The highest BCUT2D eigenvalue weighted by atomic mass is 16.8. The largest absolute Gasteiger partial charge is 0.431 e. The lowest BCUT2D eigenvalue weighted by Crippen LogP contribution is -2.30. The second-order valence-electron chi connectivity index (χ2n) is 5.77. The Morgan fingerprint density at radius 3 is 2.32 bits per heavy atom. The number of hydroxylamine groups is 1. The number of anilines is 1. The first-order valence-corrected chi connectivity index (χ1v) is 7.56. The lowest BCUT2D eigenvalue weighted by molar-refractivity contribution is -0.196. The molecule has 0 saturated carbocycles. The summed E-state index contributed by atoms with van der Waals surface area (Å²) >= 11 is 0. The zero-order valence-corrected chi connectivity index (χ0v) is 12.1. The van der Waals surface area contributed by atoms with Crippen molar-refractivity contribution in [2.75, 3.05) is 5.06 Å². The van der Waals surface area contributed by atoms with Crippen LogP contribution in [0.2, 0.25) is 0 Å². The van der Waals surface area contributed by atoms with Gasteiger partial charge in [0.2, 0.25) is 5.79 Å². The summed E-state index contributed by atoms with van der Waals surface area (Å²) < 4.78 is 5.51. The van der Waals surface area contributed by atoms with Crippen molar-refractivity contribution < 1.29 is 14.4 Å². The molecule has 0 unspecified atom stereocenters. The van der Waals surface area contributed by atoms with Crippen molar-refractivity contribution in [3.8, 4) is 0 Å². The number of ether oxygens (including phenoxy) is 1. The average molecular weight is 295 g/mol. The second-order valence-corrected chi connectivity index (χ2v) is 5.77. The van der Waals surface area contributed by atoms with Crippen LogP contribution in [0.4, 0.5) is 5.69 Å². The van der Waals surface area contributed by atoms with E-state index in [2.05, 4.69) is 12.1 Å². The van der Waals surface area contributed by atoms with E-state index in [4.69, 9.17) is 9.57 Å². The van der Waals surface area contributed by atoms with E-state index in [0.717, 1.165) is 11.3 Å². The molecule has 2 fully saturated rings. The third kappa shape index (κ3) is 2.25. The van der Waals surface area contributed by atoms with E-state index < -0.39 is 5.79 Å². The number of nitrogens with zero attached hydrogens (tertiary/aromatic N) is 1. The van der Waals surface area contributed by atoms with Gasteiger partial charge in [-0.1, -0.05) is 48.5 Å². The molecule has 1 spiro atoms. The van der Waals surface area contributed by atoms with Crippen LogP contribution < -0.4 is 5.06 Å². The van der Waals surface area contributed by atoms with E-state index in [9.17, 15) is 4.79 Å². The third-order valence-electron chi connectivity index (χ3n) is 4.26. The van der Waals surface area contributed by atoms with Crippen LogP contribution in [0.1, 0.15) is 30.9 Å². The number of carbonyl (C=O) groups excluding carboxylic acids is 1. The Morgan fingerprint density at radius 1 is 1.00 bits per heavy atom. The molecule has 2 aliphatic heterocycles. The van der Waals surface area contributed by atoms with Crippen LogP contribution in [-0.4, -0.2) is 11.8 Å². The topological polar surface area (TPSA) is 38.8 Å². The lowest BCUT2D eigenvalue weighted by Gasteiger charge is -2.25. The molecule has 4 nitrogen and oxygen atoms in total. The van der Waals surface area contributed by atoms with Gasteiger partial charge >= 0.3 is 5.97 Å². The molecule has 2 heterocycles. The molecule has 2 atom stereocenters. The molecule has 0 bridgehead atoms. The highest BCUT2D eigenvalue weighted by Crippen LogP contribution is 2.48. The van der Waals surface area contributed by atoms with Gasteiger partial charge in [-0.15, -0.1) is 0 Å². The number of esters is 1. The highest BCUT2D eigenvalue weighted by Gasteiger charge is 2.52. The molecule has 2 aliphatic rings. The molecule has 0 aromatic heterocycles. The van der Waals surface area contributed by atoms with Crippen LogP contribution in [0.25, 0.3) is 0 Å². The molecule has 2 aromatic rings. The standard InChI is InChI=1S/C18H17NO3/c20-17-11-12-18(21-17)13-16(14-7-3-1-4-8-14)19(22-18)15-9-5-2-6-10-15/h1-10,16H,11-13H2/t16-,18+/m1/s1. The Morgan fingerprint density at radius 2 is 1.68 bits per heavy atom. The van der Waals surface area contributed by atoms with Crippen molar-refractivity contribution in [2.45, 2.75) is 31.1 Å². The van der Waals surface area contributed by atoms with Gasteiger partial charge in [0.15, 0.2) is 0 Å². The number of para-hydroxylation sites is 1. The van der Waals surface area contributed by atoms with Gasteiger partial charge in [0.25, 0.3) is 0 Å². The van der Waals surface area contributed by atoms with Gasteiger partial charge in [-0.05, 0) is 17.7 Å². The van der Waals surface area contributed by atoms with Gasteiger partial charge in [-0.3, -0.25) is 4.79 Å². The van der Waals surface area contributed by atoms with Crippen molar-refractivity contribution in [2.24, 2.45) is 0 Å². The van der Waals surface area contributed by atoms with Gasteiger partial charge < -0.3 is 4.74 Å². The summed E-state index contributed by atoms with van der Waals surface area (Å²) in [6.45, 7) is 0. The summed E-state index contributed by atoms with van der Waals surface area (Å²) in [6.07, 6.45) is 1.68. The maximum Gasteiger partial charge on any atom is 0.308 e. The maximum atomic E-state index is 11.6. The molecule has 0 amide bonds. The van der Waals surface area contributed by atoms with Gasteiger partial charge in [0, 0.05) is 12.8 Å². The molecular formula is C18H17NO3. The fourth-order valence-corrected chi connectivity index (χ4v) is 3.20. The number of carbonyl (C=O) groups is 1. The van der Waals surface area contributed by atoms with Gasteiger partial charge in [0.05, 0.1) is 18.2 Å². The Hall–Kier alpha value is -2.33. The minimum absolute atomic E-state index is 0.0366. The van der Waals surface area contributed by atoms with Gasteiger partial charge in [-0.25, -0.2) is 9.90 Å². The predicted octanol–water partition coefficient (Wildman–Crippen LogP) is 3.60. The van der Waals surface area contributed by atoms with Crippen molar-refractivity contribution >= 4 is 11.7 Å². The molecule has 0 aliphatic carbocycles. The average Bonchev–Trinajstić information content (AvgIpc) is 3.12. The van der Waals surface area contributed by atoms with Crippen molar-refractivity contribution in [1.29, 1.82) is 0 Å². The number of hydrogen-bond donors (Lipinski definition) is 0. The van der Waals surface area contributed by atoms with Crippen molar-refractivity contribution in [3.63, 3.8) is 0 Å². The molecule has 4 rings (SSSR count). The number of hydrogen-bond acceptors (Lipinski definition) is 4. The Balaban J connectivity index is 1.72.